The molecule has 0 radical (unpaired) electrons. The Hall–Kier alpha value is -1.38. The summed E-state index contributed by atoms with van der Waals surface area (Å²) in [6, 6.07) is 3.68. The SMILES string of the molecule is CCC1CC1(C(=O)O)c1nc2c(OC)ccc(I)n2n1. The van der Waals surface area contributed by atoms with Crippen molar-refractivity contribution in [2.24, 2.45) is 5.92 Å². The molecule has 0 aromatic carbocycles. The lowest BCUT2D eigenvalue weighted by molar-refractivity contribution is -0.140. The number of carboxylic acids is 1. The van der Waals surface area contributed by atoms with Gasteiger partial charge in [-0.3, -0.25) is 4.79 Å². The number of hydrogen-bond acceptors (Lipinski definition) is 4. The zero-order valence-electron chi connectivity index (χ0n) is 11.1. The van der Waals surface area contributed by atoms with Crippen LogP contribution in [0, 0.1) is 9.62 Å². The fourth-order valence-electron chi connectivity index (χ4n) is 2.71. The molecule has 0 spiro atoms. The van der Waals surface area contributed by atoms with Crippen molar-refractivity contribution in [1.29, 1.82) is 0 Å². The highest BCUT2D eigenvalue weighted by atomic mass is 127. The van der Waals surface area contributed by atoms with Crippen LogP contribution in [0.15, 0.2) is 12.1 Å². The molecule has 0 saturated heterocycles. The van der Waals surface area contributed by atoms with Crippen LogP contribution in [0.2, 0.25) is 0 Å². The number of carbonyl (C=O) groups is 1. The number of aromatic nitrogens is 3. The van der Waals surface area contributed by atoms with Crippen LogP contribution in [0.4, 0.5) is 0 Å². The molecule has 0 bridgehead atoms. The third kappa shape index (κ3) is 1.72. The van der Waals surface area contributed by atoms with Gasteiger partial charge in [-0.15, -0.1) is 5.10 Å². The number of hydrogen-bond donors (Lipinski definition) is 1. The molecule has 106 valence electrons. The van der Waals surface area contributed by atoms with E-state index in [1.807, 2.05) is 19.1 Å². The Morgan fingerprint density at radius 1 is 1.65 bits per heavy atom. The molecule has 1 aliphatic rings. The molecular weight excluding hydrogens is 373 g/mol. The fraction of sp³-hybridized carbons (Fsp3) is 0.462. The molecule has 1 fully saturated rings. The summed E-state index contributed by atoms with van der Waals surface area (Å²) in [5.41, 5.74) is -0.355. The Kier molecular flexibility index (Phi) is 3.11. The van der Waals surface area contributed by atoms with E-state index in [0.29, 0.717) is 23.6 Å². The van der Waals surface area contributed by atoms with Gasteiger partial charge in [-0.2, -0.15) is 0 Å². The lowest BCUT2D eigenvalue weighted by Crippen LogP contribution is -2.24. The summed E-state index contributed by atoms with van der Waals surface area (Å²) >= 11 is 2.14. The van der Waals surface area contributed by atoms with Gasteiger partial charge in [-0.05, 0) is 47.1 Å². The molecular formula is C13H14IN3O3. The maximum Gasteiger partial charge on any atom is 0.317 e. The Labute approximate surface area is 129 Å². The van der Waals surface area contributed by atoms with Gasteiger partial charge in [0, 0.05) is 0 Å². The lowest BCUT2D eigenvalue weighted by Gasteiger charge is -2.06. The number of aliphatic carboxylic acids is 1. The number of nitrogens with zero attached hydrogens (tertiary/aromatic N) is 3. The first-order valence-corrected chi connectivity index (χ1v) is 7.45. The van der Waals surface area contributed by atoms with E-state index in [4.69, 9.17) is 4.74 Å². The first kappa shape index (κ1) is 13.6. The fourth-order valence-corrected chi connectivity index (χ4v) is 3.23. The summed E-state index contributed by atoms with van der Waals surface area (Å²) in [5, 5.41) is 14.0. The quantitative estimate of drug-likeness (QED) is 0.643. The van der Waals surface area contributed by atoms with Crippen molar-refractivity contribution < 1.29 is 14.6 Å². The summed E-state index contributed by atoms with van der Waals surface area (Å²) in [5.74, 6) is 0.257. The Morgan fingerprint density at radius 2 is 2.40 bits per heavy atom. The third-order valence-corrected chi connectivity index (χ3v) is 4.82. The molecule has 1 aliphatic carbocycles. The summed E-state index contributed by atoms with van der Waals surface area (Å²) in [4.78, 5) is 16.1. The molecule has 0 amide bonds. The van der Waals surface area contributed by atoms with Gasteiger partial charge < -0.3 is 9.84 Å². The van der Waals surface area contributed by atoms with Crippen molar-refractivity contribution in [3.05, 3.63) is 21.7 Å². The molecule has 2 atom stereocenters. The monoisotopic (exact) mass is 387 g/mol. The second-order valence-electron chi connectivity index (χ2n) is 4.98. The van der Waals surface area contributed by atoms with E-state index in [9.17, 15) is 9.90 Å². The lowest BCUT2D eigenvalue weighted by atomic mass is 10.0. The van der Waals surface area contributed by atoms with Crippen LogP contribution in [0.1, 0.15) is 25.6 Å². The van der Waals surface area contributed by atoms with Gasteiger partial charge >= 0.3 is 5.97 Å². The molecule has 2 heterocycles. The normalized spacial score (nSPS) is 24.9. The van der Waals surface area contributed by atoms with Crippen molar-refractivity contribution in [1.82, 2.24) is 14.6 Å². The third-order valence-electron chi connectivity index (χ3n) is 4.00. The van der Waals surface area contributed by atoms with Crippen molar-refractivity contribution in [2.45, 2.75) is 25.2 Å². The summed E-state index contributed by atoms with van der Waals surface area (Å²) < 4.78 is 7.78. The molecule has 20 heavy (non-hydrogen) atoms. The van der Waals surface area contributed by atoms with Crippen LogP contribution in [0.3, 0.4) is 0 Å². The highest BCUT2D eigenvalue weighted by Crippen LogP contribution is 2.55. The summed E-state index contributed by atoms with van der Waals surface area (Å²) in [6.07, 6.45) is 1.42. The highest BCUT2D eigenvalue weighted by Gasteiger charge is 2.63. The maximum absolute atomic E-state index is 11.6. The first-order chi connectivity index (χ1) is 9.54. The van der Waals surface area contributed by atoms with Crippen LogP contribution >= 0.6 is 22.6 Å². The van der Waals surface area contributed by atoms with Crippen LogP contribution in [-0.4, -0.2) is 32.8 Å². The topological polar surface area (TPSA) is 76.7 Å². The molecule has 7 heteroatoms. The van der Waals surface area contributed by atoms with E-state index in [0.717, 1.165) is 10.1 Å². The number of methoxy groups -OCH3 is 1. The number of halogens is 1. The van der Waals surface area contributed by atoms with Gasteiger partial charge in [0.25, 0.3) is 0 Å². The predicted molar refractivity (Wildman–Crippen MR) is 80.0 cm³/mol. The minimum atomic E-state index is -0.922. The Bertz CT molecular complexity index is 699. The van der Waals surface area contributed by atoms with Crippen molar-refractivity contribution in [3.63, 3.8) is 0 Å². The van der Waals surface area contributed by atoms with E-state index >= 15 is 0 Å². The number of rotatable bonds is 4. The van der Waals surface area contributed by atoms with Crippen LogP contribution in [0.5, 0.6) is 5.75 Å². The van der Waals surface area contributed by atoms with E-state index in [1.54, 1.807) is 11.6 Å². The van der Waals surface area contributed by atoms with E-state index < -0.39 is 11.4 Å². The van der Waals surface area contributed by atoms with Gasteiger partial charge in [0.15, 0.2) is 17.2 Å². The van der Waals surface area contributed by atoms with E-state index in [-0.39, 0.29) is 5.92 Å². The second-order valence-corrected chi connectivity index (χ2v) is 6.09. The highest BCUT2D eigenvalue weighted by molar-refractivity contribution is 14.1. The average Bonchev–Trinajstić information content (AvgIpc) is 3.02. The molecule has 6 nitrogen and oxygen atoms in total. The van der Waals surface area contributed by atoms with E-state index in [1.165, 1.54) is 0 Å². The molecule has 2 unspecified atom stereocenters. The van der Waals surface area contributed by atoms with Gasteiger partial charge in [0.05, 0.1) is 7.11 Å². The maximum atomic E-state index is 11.6. The second kappa shape index (κ2) is 4.57. The molecule has 1 N–H and O–H groups in total. The molecule has 1 saturated carbocycles. The van der Waals surface area contributed by atoms with Crippen molar-refractivity contribution in [3.8, 4) is 5.75 Å². The van der Waals surface area contributed by atoms with Gasteiger partial charge in [-0.25, -0.2) is 9.50 Å². The van der Waals surface area contributed by atoms with Crippen molar-refractivity contribution >= 4 is 34.2 Å². The Balaban J connectivity index is 2.19. The number of fused-ring (bicyclic) bond motifs is 1. The minimum Gasteiger partial charge on any atom is -0.493 e. The van der Waals surface area contributed by atoms with Crippen molar-refractivity contribution in [2.75, 3.05) is 7.11 Å². The predicted octanol–water partition coefficient (Wildman–Crippen LogP) is 2.09. The molecule has 2 aromatic rings. The molecule has 2 aromatic heterocycles. The number of ether oxygens (including phenoxy) is 1. The van der Waals surface area contributed by atoms with Gasteiger partial charge in [0.2, 0.25) is 0 Å². The van der Waals surface area contributed by atoms with Crippen LogP contribution in [-0.2, 0) is 10.2 Å². The van der Waals surface area contributed by atoms with Gasteiger partial charge in [0.1, 0.15) is 9.12 Å². The first-order valence-electron chi connectivity index (χ1n) is 6.37. The van der Waals surface area contributed by atoms with Crippen LogP contribution < -0.4 is 4.74 Å². The molecule has 0 aliphatic heterocycles. The number of carboxylic acid groups (broad SMARTS) is 1. The summed E-state index contributed by atoms with van der Waals surface area (Å²) in [7, 11) is 1.56. The minimum absolute atomic E-state index is 0.112. The summed E-state index contributed by atoms with van der Waals surface area (Å²) in [6.45, 7) is 2.00. The Morgan fingerprint density at radius 3 is 2.95 bits per heavy atom. The van der Waals surface area contributed by atoms with Gasteiger partial charge in [-0.1, -0.05) is 13.3 Å². The standard InChI is InChI=1S/C13H14IN3O3/c1-3-7-6-13(7,12(18)19)11-15-10-8(20-2)4-5-9(14)17(10)16-11/h4-5,7H,3,6H2,1-2H3,(H,18,19). The smallest absolute Gasteiger partial charge is 0.317 e. The average molecular weight is 387 g/mol. The number of pyridine rings is 1. The van der Waals surface area contributed by atoms with Crippen LogP contribution in [0.25, 0.3) is 5.65 Å². The zero-order valence-corrected chi connectivity index (χ0v) is 13.3. The van der Waals surface area contributed by atoms with E-state index in [2.05, 4.69) is 32.7 Å². The molecule has 3 rings (SSSR count). The largest absolute Gasteiger partial charge is 0.493 e. The zero-order chi connectivity index (χ0) is 14.5.